The molecule has 19 heavy (non-hydrogen) atoms. The summed E-state index contributed by atoms with van der Waals surface area (Å²) in [5.41, 5.74) is 7.68. The molecule has 1 aliphatic rings. The van der Waals surface area contributed by atoms with E-state index in [1.165, 1.54) is 12.8 Å². The molecule has 0 radical (unpaired) electrons. The molecule has 4 N–H and O–H groups in total. The maximum atomic E-state index is 11.5. The van der Waals surface area contributed by atoms with Gasteiger partial charge in [-0.15, -0.1) is 0 Å². The third kappa shape index (κ3) is 3.92. The molecule has 1 heterocycles. The van der Waals surface area contributed by atoms with E-state index in [1.54, 1.807) is 0 Å². The number of hydrogen-bond donors (Lipinski definition) is 3. The van der Waals surface area contributed by atoms with E-state index < -0.39 is 5.91 Å². The third-order valence-electron chi connectivity index (χ3n) is 3.25. The Morgan fingerprint density at radius 2 is 2.16 bits per heavy atom. The number of primary amides is 1. The second-order valence-electron chi connectivity index (χ2n) is 5.18. The molecule has 1 saturated carbocycles. The van der Waals surface area contributed by atoms with Crippen molar-refractivity contribution in [1.82, 2.24) is 10.3 Å². The number of hydrogen-bond acceptors (Lipinski definition) is 4. The van der Waals surface area contributed by atoms with Gasteiger partial charge < -0.3 is 16.4 Å². The highest BCUT2D eigenvalue weighted by molar-refractivity contribution is 5.99. The minimum atomic E-state index is -0.427. The molecular weight excluding hydrogens is 240 g/mol. The minimum Gasteiger partial charge on any atom is -0.369 e. The van der Waals surface area contributed by atoms with Crippen molar-refractivity contribution in [3.8, 4) is 0 Å². The average Bonchev–Trinajstić information content (AvgIpc) is 3.10. The molecule has 0 bridgehead atoms. The Balaban J connectivity index is 1.91. The normalized spacial score (nSPS) is 14.4. The van der Waals surface area contributed by atoms with Crippen LogP contribution >= 0.6 is 0 Å². The second-order valence-corrected chi connectivity index (χ2v) is 5.18. The zero-order chi connectivity index (χ0) is 13.8. The Hall–Kier alpha value is -1.62. The van der Waals surface area contributed by atoms with E-state index in [0.717, 1.165) is 36.8 Å². The fourth-order valence-electron chi connectivity index (χ4n) is 2.16. The summed E-state index contributed by atoms with van der Waals surface area (Å²) < 4.78 is 0. The van der Waals surface area contributed by atoms with Gasteiger partial charge in [0, 0.05) is 18.3 Å². The maximum absolute atomic E-state index is 11.5. The molecule has 104 valence electrons. The Morgan fingerprint density at radius 3 is 2.79 bits per heavy atom. The molecular formula is C14H22N4O. The Labute approximate surface area is 114 Å². The van der Waals surface area contributed by atoms with Crippen LogP contribution in [-0.4, -0.2) is 30.0 Å². The lowest BCUT2D eigenvalue weighted by molar-refractivity contribution is 0.1000. The smallest absolute Gasteiger partial charge is 0.252 e. The van der Waals surface area contributed by atoms with Gasteiger partial charge in [-0.25, -0.2) is 4.98 Å². The number of nitrogens with two attached hydrogens (primary N) is 1. The summed E-state index contributed by atoms with van der Waals surface area (Å²) in [6, 6.07) is 2.61. The minimum absolute atomic E-state index is 0.427. The highest BCUT2D eigenvalue weighted by Crippen LogP contribution is 2.19. The summed E-state index contributed by atoms with van der Waals surface area (Å²) in [5.74, 6) is 0.181. The molecule has 1 aromatic rings. The number of anilines is 1. The van der Waals surface area contributed by atoms with E-state index in [2.05, 4.69) is 15.6 Å². The Morgan fingerprint density at radius 1 is 1.42 bits per heavy atom. The summed E-state index contributed by atoms with van der Waals surface area (Å²) in [4.78, 5) is 15.8. The lowest BCUT2D eigenvalue weighted by Gasteiger charge is -2.12. The number of rotatable bonds is 7. The van der Waals surface area contributed by atoms with Crippen LogP contribution in [0.5, 0.6) is 0 Å². The fourth-order valence-corrected chi connectivity index (χ4v) is 2.16. The highest BCUT2D eigenvalue weighted by atomic mass is 16.1. The van der Waals surface area contributed by atoms with Crippen LogP contribution in [0.2, 0.25) is 0 Å². The molecule has 1 amide bonds. The molecule has 0 unspecified atom stereocenters. The SMILES string of the molecule is Cc1cc(C)c(C(N)=O)c(NCCCNC2CC2)n1. The molecule has 0 aliphatic heterocycles. The molecule has 1 aromatic heterocycles. The number of carbonyl (C=O) groups is 1. The predicted octanol–water partition coefficient (Wildman–Crippen LogP) is 1.35. The molecule has 0 saturated heterocycles. The average molecular weight is 262 g/mol. The van der Waals surface area contributed by atoms with Crippen LogP contribution < -0.4 is 16.4 Å². The molecule has 5 nitrogen and oxygen atoms in total. The second kappa shape index (κ2) is 6.02. The number of carbonyl (C=O) groups excluding carboxylic acids is 1. The summed E-state index contributed by atoms with van der Waals surface area (Å²) in [6.07, 6.45) is 3.61. The first-order chi connectivity index (χ1) is 9.08. The van der Waals surface area contributed by atoms with Crippen molar-refractivity contribution in [2.75, 3.05) is 18.4 Å². The standard InChI is InChI=1S/C14H22N4O/c1-9-8-10(2)18-14(12(9)13(15)19)17-7-3-6-16-11-4-5-11/h8,11,16H,3-7H2,1-2H3,(H2,15,19)(H,17,18). The van der Waals surface area contributed by atoms with Gasteiger partial charge in [0.05, 0.1) is 5.56 Å². The topological polar surface area (TPSA) is 80.0 Å². The quantitative estimate of drug-likeness (QED) is 0.648. The number of pyridine rings is 1. The van der Waals surface area contributed by atoms with Gasteiger partial charge in [-0.1, -0.05) is 0 Å². The third-order valence-corrected chi connectivity index (χ3v) is 3.25. The van der Waals surface area contributed by atoms with Gasteiger partial charge in [0.1, 0.15) is 5.82 Å². The fraction of sp³-hybridized carbons (Fsp3) is 0.571. The molecule has 1 fully saturated rings. The van der Waals surface area contributed by atoms with Crippen LogP contribution in [-0.2, 0) is 0 Å². The van der Waals surface area contributed by atoms with Crippen molar-refractivity contribution in [2.45, 2.75) is 39.2 Å². The van der Waals surface area contributed by atoms with Crippen molar-refractivity contribution >= 4 is 11.7 Å². The lowest BCUT2D eigenvalue weighted by Crippen LogP contribution is -2.22. The zero-order valence-electron chi connectivity index (χ0n) is 11.6. The van der Waals surface area contributed by atoms with Crippen molar-refractivity contribution in [2.24, 2.45) is 5.73 Å². The molecule has 2 rings (SSSR count). The van der Waals surface area contributed by atoms with Gasteiger partial charge in [-0.3, -0.25) is 4.79 Å². The van der Waals surface area contributed by atoms with Crippen molar-refractivity contribution in [3.63, 3.8) is 0 Å². The Kier molecular flexibility index (Phi) is 4.37. The van der Waals surface area contributed by atoms with Crippen LogP contribution in [0.1, 0.15) is 40.9 Å². The first-order valence-electron chi connectivity index (χ1n) is 6.83. The van der Waals surface area contributed by atoms with Gasteiger partial charge >= 0.3 is 0 Å². The summed E-state index contributed by atoms with van der Waals surface area (Å²) in [6.45, 7) is 5.58. The van der Waals surface area contributed by atoms with Crippen molar-refractivity contribution in [3.05, 3.63) is 22.9 Å². The number of nitrogens with zero attached hydrogens (tertiary/aromatic N) is 1. The van der Waals surface area contributed by atoms with E-state index in [1.807, 2.05) is 19.9 Å². The molecule has 0 atom stereocenters. The summed E-state index contributed by atoms with van der Waals surface area (Å²) in [7, 11) is 0. The van der Waals surface area contributed by atoms with Gasteiger partial charge in [-0.05, 0) is 51.3 Å². The van der Waals surface area contributed by atoms with E-state index in [9.17, 15) is 4.79 Å². The first kappa shape index (κ1) is 13.8. The van der Waals surface area contributed by atoms with E-state index in [4.69, 9.17) is 5.73 Å². The number of aryl methyl sites for hydroxylation is 2. The van der Waals surface area contributed by atoms with Crippen LogP contribution in [0.3, 0.4) is 0 Å². The predicted molar refractivity (Wildman–Crippen MR) is 76.4 cm³/mol. The Bertz CT molecular complexity index is 469. The van der Waals surface area contributed by atoms with Crippen molar-refractivity contribution in [1.29, 1.82) is 0 Å². The van der Waals surface area contributed by atoms with Crippen LogP contribution in [0.15, 0.2) is 6.07 Å². The molecule has 5 heteroatoms. The maximum Gasteiger partial charge on any atom is 0.252 e. The van der Waals surface area contributed by atoms with Crippen LogP contribution in [0.25, 0.3) is 0 Å². The largest absolute Gasteiger partial charge is 0.369 e. The van der Waals surface area contributed by atoms with E-state index in [0.29, 0.717) is 11.4 Å². The van der Waals surface area contributed by atoms with Crippen LogP contribution in [0.4, 0.5) is 5.82 Å². The number of aromatic nitrogens is 1. The highest BCUT2D eigenvalue weighted by Gasteiger charge is 2.19. The monoisotopic (exact) mass is 262 g/mol. The van der Waals surface area contributed by atoms with Crippen molar-refractivity contribution < 1.29 is 4.79 Å². The van der Waals surface area contributed by atoms with Gasteiger partial charge in [0.2, 0.25) is 0 Å². The molecule has 0 aromatic carbocycles. The molecule has 1 aliphatic carbocycles. The van der Waals surface area contributed by atoms with Gasteiger partial charge in [-0.2, -0.15) is 0 Å². The summed E-state index contributed by atoms with van der Waals surface area (Å²) in [5, 5.41) is 6.67. The van der Waals surface area contributed by atoms with Crippen LogP contribution in [0, 0.1) is 13.8 Å². The summed E-state index contributed by atoms with van der Waals surface area (Å²) >= 11 is 0. The molecule has 0 spiro atoms. The lowest BCUT2D eigenvalue weighted by atomic mass is 10.1. The number of amides is 1. The zero-order valence-corrected chi connectivity index (χ0v) is 11.6. The first-order valence-corrected chi connectivity index (χ1v) is 6.83. The van der Waals surface area contributed by atoms with Gasteiger partial charge in [0.25, 0.3) is 5.91 Å². The van der Waals surface area contributed by atoms with Gasteiger partial charge in [0.15, 0.2) is 0 Å². The number of nitrogens with one attached hydrogen (secondary N) is 2. The van der Waals surface area contributed by atoms with E-state index in [-0.39, 0.29) is 0 Å². The van der Waals surface area contributed by atoms with E-state index >= 15 is 0 Å².